The van der Waals surface area contributed by atoms with E-state index >= 15 is 0 Å². The van der Waals surface area contributed by atoms with E-state index in [4.69, 9.17) is 0 Å². The van der Waals surface area contributed by atoms with Crippen LogP contribution in [0.25, 0.3) is 0 Å². The minimum absolute atomic E-state index is 0.395. The highest BCUT2D eigenvalue weighted by Crippen LogP contribution is 2.15. The van der Waals surface area contributed by atoms with Crippen LogP contribution in [0.4, 0.5) is 0 Å². The van der Waals surface area contributed by atoms with Crippen molar-refractivity contribution in [2.24, 2.45) is 0 Å². The molecule has 0 aromatic rings. The predicted octanol–water partition coefficient (Wildman–Crippen LogP) is 1.13. The molecule has 0 bridgehead atoms. The van der Waals surface area contributed by atoms with E-state index in [2.05, 4.69) is 4.74 Å². The topological polar surface area (TPSA) is 43.4 Å². The standard InChI is InChI=1S/C9H8O3/c1-7(11)12-6-9-4-2-3-8(9)5-10/h2-6H,1H3/b9-6+. The first-order chi connectivity index (χ1) is 5.74. The Morgan fingerprint density at radius 1 is 1.58 bits per heavy atom. The maximum absolute atomic E-state index is 10.4. The van der Waals surface area contributed by atoms with Gasteiger partial charge >= 0.3 is 5.97 Å². The van der Waals surface area contributed by atoms with Gasteiger partial charge in [0.1, 0.15) is 6.26 Å². The van der Waals surface area contributed by atoms with Gasteiger partial charge in [0, 0.05) is 18.1 Å². The smallest absolute Gasteiger partial charge is 0.307 e. The van der Waals surface area contributed by atoms with Crippen LogP contribution in [0.3, 0.4) is 0 Å². The van der Waals surface area contributed by atoms with Gasteiger partial charge in [-0.05, 0) is 0 Å². The van der Waals surface area contributed by atoms with Crippen LogP contribution in [0.1, 0.15) is 6.92 Å². The summed E-state index contributed by atoms with van der Waals surface area (Å²) in [5, 5.41) is 0. The number of hydrogen-bond donors (Lipinski definition) is 0. The molecule has 0 heterocycles. The van der Waals surface area contributed by atoms with Crippen LogP contribution in [0.2, 0.25) is 0 Å². The number of ether oxygens (including phenoxy) is 1. The summed E-state index contributed by atoms with van der Waals surface area (Å²) in [4.78, 5) is 20.8. The molecule has 0 atom stereocenters. The van der Waals surface area contributed by atoms with E-state index in [-0.39, 0.29) is 0 Å². The highest BCUT2D eigenvalue weighted by molar-refractivity contribution is 5.84. The third kappa shape index (κ3) is 1.92. The van der Waals surface area contributed by atoms with Gasteiger partial charge in [-0.15, -0.1) is 0 Å². The van der Waals surface area contributed by atoms with Crippen LogP contribution in [0, 0.1) is 0 Å². The summed E-state index contributed by atoms with van der Waals surface area (Å²) in [6.07, 6.45) is 7.06. The van der Waals surface area contributed by atoms with Crippen LogP contribution < -0.4 is 0 Å². The Morgan fingerprint density at radius 3 is 2.92 bits per heavy atom. The summed E-state index contributed by atoms with van der Waals surface area (Å²) in [5.74, 6) is -0.395. The minimum atomic E-state index is -0.395. The van der Waals surface area contributed by atoms with Crippen LogP contribution in [0.15, 0.2) is 35.6 Å². The lowest BCUT2D eigenvalue weighted by molar-refractivity contribution is -0.135. The maximum Gasteiger partial charge on any atom is 0.307 e. The number of rotatable bonds is 2. The van der Waals surface area contributed by atoms with Crippen molar-refractivity contribution in [3.63, 3.8) is 0 Å². The molecule has 1 rings (SSSR count). The molecule has 0 saturated carbocycles. The van der Waals surface area contributed by atoms with Gasteiger partial charge in [-0.3, -0.25) is 9.59 Å². The molecule has 0 unspecified atom stereocenters. The molecule has 12 heavy (non-hydrogen) atoms. The summed E-state index contributed by atoms with van der Waals surface area (Å²) in [6, 6.07) is 0. The number of allylic oxidation sites excluding steroid dienone is 5. The molecular formula is C9H8O3. The van der Waals surface area contributed by atoms with Gasteiger partial charge in [-0.25, -0.2) is 0 Å². The quantitative estimate of drug-likeness (QED) is 0.349. The maximum atomic E-state index is 10.4. The van der Waals surface area contributed by atoms with E-state index in [1.807, 2.05) is 0 Å². The Morgan fingerprint density at radius 2 is 2.33 bits per heavy atom. The van der Waals surface area contributed by atoms with E-state index in [0.717, 1.165) is 6.29 Å². The molecule has 0 amide bonds. The first-order valence-corrected chi connectivity index (χ1v) is 3.45. The van der Waals surface area contributed by atoms with Gasteiger partial charge in [-0.2, -0.15) is 0 Å². The van der Waals surface area contributed by atoms with Crippen molar-refractivity contribution in [3.8, 4) is 0 Å². The van der Waals surface area contributed by atoms with Gasteiger partial charge < -0.3 is 4.74 Å². The normalized spacial score (nSPS) is 17.8. The molecule has 0 spiro atoms. The second kappa shape index (κ2) is 3.67. The van der Waals surface area contributed by atoms with Crippen LogP contribution in [0.5, 0.6) is 0 Å². The second-order valence-corrected chi connectivity index (χ2v) is 2.28. The fourth-order valence-corrected chi connectivity index (χ4v) is 0.809. The fourth-order valence-electron chi connectivity index (χ4n) is 0.809. The molecule has 1 aliphatic carbocycles. The van der Waals surface area contributed by atoms with Gasteiger partial charge in [-0.1, -0.05) is 18.2 Å². The molecule has 3 heteroatoms. The third-order valence-corrected chi connectivity index (χ3v) is 1.36. The number of aldehydes is 1. The summed E-state index contributed by atoms with van der Waals surface area (Å²) in [7, 11) is 0. The molecule has 1 aliphatic rings. The molecule has 0 radical (unpaired) electrons. The lowest BCUT2D eigenvalue weighted by Crippen LogP contribution is -1.93. The first-order valence-electron chi connectivity index (χ1n) is 3.45. The number of esters is 1. The highest BCUT2D eigenvalue weighted by Gasteiger charge is 2.05. The Balaban J connectivity index is 2.69. The summed E-state index contributed by atoms with van der Waals surface area (Å²) in [6.45, 7) is 1.31. The minimum Gasteiger partial charge on any atom is -0.434 e. The molecule has 3 nitrogen and oxygen atoms in total. The average molecular weight is 164 g/mol. The Hall–Kier alpha value is -1.64. The summed E-state index contributed by atoms with van der Waals surface area (Å²) < 4.78 is 4.61. The Labute approximate surface area is 70.0 Å². The van der Waals surface area contributed by atoms with Crippen molar-refractivity contribution in [2.45, 2.75) is 6.92 Å². The van der Waals surface area contributed by atoms with Crippen molar-refractivity contribution in [3.05, 3.63) is 35.6 Å². The number of carbonyl (C=O) groups excluding carboxylic acids is 2. The molecular weight excluding hydrogens is 156 g/mol. The molecule has 0 aliphatic heterocycles. The van der Waals surface area contributed by atoms with Crippen LogP contribution in [-0.2, 0) is 14.3 Å². The highest BCUT2D eigenvalue weighted by atomic mass is 16.5. The van der Waals surface area contributed by atoms with E-state index < -0.39 is 5.97 Å². The first kappa shape index (κ1) is 8.46. The van der Waals surface area contributed by atoms with Gasteiger partial charge in [0.15, 0.2) is 6.29 Å². The van der Waals surface area contributed by atoms with E-state index in [0.29, 0.717) is 11.1 Å². The average Bonchev–Trinajstić information content (AvgIpc) is 2.47. The predicted molar refractivity (Wildman–Crippen MR) is 43.1 cm³/mol. The lowest BCUT2D eigenvalue weighted by atomic mass is 10.2. The van der Waals surface area contributed by atoms with Gasteiger partial charge in [0.2, 0.25) is 0 Å². The number of carbonyl (C=O) groups is 2. The molecule has 0 saturated heterocycles. The van der Waals surface area contributed by atoms with Crippen molar-refractivity contribution in [1.82, 2.24) is 0 Å². The Bertz CT molecular complexity index is 295. The summed E-state index contributed by atoms with van der Waals surface area (Å²) >= 11 is 0. The lowest BCUT2D eigenvalue weighted by Gasteiger charge is -1.95. The van der Waals surface area contributed by atoms with Crippen LogP contribution in [-0.4, -0.2) is 12.3 Å². The largest absolute Gasteiger partial charge is 0.434 e. The second-order valence-electron chi connectivity index (χ2n) is 2.28. The van der Waals surface area contributed by atoms with Crippen LogP contribution >= 0.6 is 0 Å². The van der Waals surface area contributed by atoms with E-state index in [1.54, 1.807) is 18.2 Å². The fraction of sp³-hybridized carbons (Fsp3) is 0.111. The van der Waals surface area contributed by atoms with Gasteiger partial charge in [0.05, 0.1) is 0 Å². The van der Waals surface area contributed by atoms with Crippen molar-refractivity contribution in [2.75, 3.05) is 0 Å². The zero-order valence-electron chi connectivity index (χ0n) is 6.61. The zero-order valence-corrected chi connectivity index (χ0v) is 6.61. The van der Waals surface area contributed by atoms with Crippen molar-refractivity contribution >= 4 is 12.3 Å². The third-order valence-electron chi connectivity index (χ3n) is 1.36. The zero-order chi connectivity index (χ0) is 8.97. The van der Waals surface area contributed by atoms with Crippen molar-refractivity contribution < 1.29 is 14.3 Å². The molecule has 0 aromatic heterocycles. The van der Waals surface area contributed by atoms with E-state index in [9.17, 15) is 9.59 Å². The van der Waals surface area contributed by atoms with Gasteiger partial charge in [0.25, 0.3) is 0 Å². The summed E-state index contributed by atoms with van der Waals surface area (Å²) in [5.41, 5.74) is 1.15. The molecule has 62 valence electrons. The SMILES string of the molecule is CC(=O)O/C=C1\C=CC=C1C=O. The van der Waals surface area contributed by atoms with E-state index in [1.165, 1.54) is 13.2 Å². The molecule has 0 fully saturated rings. The molecule has 0 aromatic carbocycles. The number of hydrogen-bond acceptors (Lipinski definition) is 3. The monoisotopic (exact) mass is 164 g/mol. The molecule has 0 N–H and O–H groups in total. The van der Waals surface area contributed by atoms with Crippen molar-refractivity contribution in [1.29, 1.82) is 0 Å². The Kier molecular flexibility index (Phi) is 2.58.